The molecule has 0 spiro atoms. The molecule has 4 nitrogen and oxygen atoms in total. The molecule has 0 bridgehead atoms. The second-order valence-corrected chi connectivity index (χ2v) is 4.54. The molecule has 2 heterocycles. The molecule has 90 valence electrons. The second-order valence-electron chi connectivity index (χ2n) is 4.54. The van der Waals surface area contributed by atoms with Gasteiger partial charge in [0.25, 0.3) is 0 Å². The highest BCUT2D eigenvalue weighted by Crippen LogP contribution is 2.16. The van der Waals surface area contributed by atoms with Gasteiger partial charge >= 0.3 is 0 Å². The van der Waals surface area contributed by atoms with Gasteiger partial charge in [0.05, 0.1) is 5.56 Å². The normalized spacial score (nSPS) is 18.9. The maximum absolute atomic E-state index is 9.07. The summed E-state index contributed by atoms with van der Waals surface area (Å²) in [6.45, 7) is 5.08. The molecule has 17 heavy (non-hydrogen) atoms. The SMILES string of the molecule is Cc1ccnc(NCCC2CCNC2)c1C#N. The molecule has 1 unspecified atom stereocenters. The number of aryl methyl sites for hydroxylation is 1. The Morgan fingerprint density at radius 2 is 2.53 bits per heavy atom. The highest BCUT2D eigenvalue weighted by atomic mass is 15.0. The second kappa shape index (κ2) is 5.65. The van der Waals surface area contributed by atoms with Crippen molar-refractivity contribution in [2.24, 2.45) is 5.92 Å². The lowest BCUT2D eigenvalue weighted by Gasteiger charge is -2.11. The van der Waals surface area contributed by atoms with Crippen LogP contribution in [0.5, 0.6) is 0 Å². The van der Waals surface area contributed by atoms with Crippen LogP contribution in [-0.2, 0) is 0 Å². The molecule has 0 aromatic carbocycles. The first-order valence-corrected chi connectivity index (χ1v) is 6.11. The van der Waals surface area contributed by atoms with Gasteiger partial charge in [0.2, 0.25) is 0 Å². The predicted molar refractivity (Wildman–Crippen MR) is 67.8 cm³/mol. The van der Waals surface area contributed by atoms with Crippen molar-refractivity contribution in [1.82, 2.24) is 10.3 Å². The molecule has 2 N–H and O–H groups in total. The van der Waals surface area contributed by atoms with E-state index in [1.54, 1.807) is 6.20 Å². The van der Waals surface area contributed by atoms with E-state index in [1.165, 1.54) is 6.42 Å². The number of anilines is 1. The summed E-state index contributed by atoms with van der Waals surface area (Å²) in [6, 6.07) is 4.07. The molecule has 0 saturated carbocycles. The standard InChI is InChI=1S/C13H18N4/c1-10-2-6-16-13(12(10)8-14)17-7-4-11-3-5-15-9-11/h2,6,11,15H,3-5,7,9H2,1H3,(H,16,17). The summed E-state index contributed by atoms with van der Waals surface area (Å²) in [7, 11) is 0. The third-order valence-corrected chi connectivity index (χ3v) is 3.28. The Bertz CT molecular complexity index is 416. The van der Waals surface area contributed by atoms with Crippen LogP contribution in [0.15, 0.2) is 12.3 Å². The van der Waals surface area contributed by atoms with Crippen molar-refractivity contribution in [2.45, 2.75) is 19.8 Å². The van der Waals surface area contributed by atoms with Gasteiger partial charge in [-0.2, -0.15) is 5.26 Å². The zero-order valence-corrected chi connectivity index (χ0v) is 10.2. The van der Waals surface area contributed by atoms with Crippen molar-refractivity contribution in [1.29, 1.82) is 5.26 Å². The molecule has 2 rings (SSSR count). The van der Waals surface area contributed by atoms with Gasteiger partial charge in [0, 0.05) is 12.7 Å². The van der Waals surface area contributed by atoms with Gasteiger partial charge in [-0.15, -0.1) is 0 Å². The van der Waals surface area contributed by atoms with Crippen LogP contribution in [0, 0.1) is 24.2 Å². The predicted octanol–water partition coefficient (Wildman–Crippen LogP) is 1.67. The van der Waals surface area contributed by atoms with E-state index in [2.05, 4.69) is 21.7 Å². The number of hydrogen-bond donors (Lipinski definition) is 2. The van der Waals surface area contributed by atoms with Gasteiger partial charge in [-0.3, -0.25) is 0 Å². The van der Waals surface area contributed by atoms with E-state index < -0.39 is 0 Å². The Hall–Kier alpha value is -1.60. The van der Waals surface area contributed by atoms with Crippen molar-refractivity contribution in [3.8, 4) is 6.07 Å². The number of hydrogen-bond acceptors (Lipinski definition) is 4. The van der Waals surface area contributed by atoms with Gasteiger partial charge < -0.3 is 10.6 Å². The van der Waals surface area contributed by atoms with E-state index in [9.17, 15) is 0 Å². The molecular formula is C13H18N4. The van der Waals surface area contributed by atoms with E-state index in [-0.39, 0.29) is 0 Å². The van der Waals surface area contributed by atoms with E-state index in [0.717, 1.165) is 43.4 Å². The molecule has 0 radical (unpaired) electrons. The molecule has 4 heteroatoms. The van der Waals surface area contributed by atoms with Gasteiger partial charge in [-0.1, -0.05) is 0 Å². The molecule has 1 atom stereocenters. The minimum absolute atomic E-state index is 0.664. The lowest BCUT2D eigenvalue weighted by Crippen LogP contribution is -2.13. The quantitative estimate of drug-likeness (QED) is 0.826. The number of rotatable bonds is 4. The van der Waals surface area contributed by atoms with Crippen molar-refractivity contribution >= 4 is 5.82 Å². The van der Waals surface area contributed by atoms with Gasteiger partial charge in [-0.05, 0) is 50.4 Å². The van der Waals surface area contributed by atoms with Crippen molar-refractivity contribution < 1.29 is 0 Å². The third-order valence-electron chi connectivity index (χ3n) is 3.28. The monoisotopic (exact) mass is 230 g/mol. The van der Waals surface area contributed by atoms with E-state index in [0.29, 0.717) is 5.56 Å². The number of nitrogens with one attached hydrogen (secondary N) is 2. The Morgan fingerprint density at radius 1 is 1.65 bits per heavy atom. The highest BCUT2D eigenvalue weighted by molar-refractivity contribution is 5.55. The summed E-state index contributed by atoms with van der Waals surface area (Å²) >= 11 is 0. The summed E-state index contributed by atoms with van der Waals surface area (Å²) in [5.74, 6) is 1.48. The van der Waals surface area contributed by atoms with Crippen LogP contribution in [-0.4, -0.2) is 24.6 Å². The average molecular weight is 230 g/mol. The molecule has 1 aliphatic rings. The molecule has 0 aliphatic carbocycles. The maximum Gasteiger partial charge on any atom is 0.144 e. The smallest absolute Gasteiger partial charge is 0.144 e. The van der Waals surface area contributed by atoms with E-state index in [1.807, 2.05) is 13.0 Å². The molecule has 0 amide bonds. The highest BCUT2D eigenvalue weighted by Gasteiger charge is 2.14. The van der Waals surface area contributed by atoms with Crippen molar-refractivity contribution in [2.75, 3.05) is 25.0 Å². The maximum atomic E-state index is 9.07. The fourth-order valence-electron chi connectivity index (χ4n) is 2.19. The topological polar surface area (TPSA) is 60.7 Å². The lowest BCUT2D eigenvalue weighted by molar-refractivity contribution is 0.549. The largest absolute Gasteiger partial charge is 0.369 e. The van der Waals surface area contributed by atoms with Crippen LogP contribution in [0.25, 0.3) is 0 Å². The molecule has 1 aliphatic heterocycles. The molecule has 1 saturated heterocycles. The minimum atomic E-state index is 0.664. The van der Waals surface area contributed by atoms with Crippen LogP contribution >= 0.6 is 0 Å². The number of nitrogens with zero attached hydrogens (tertiary/aromatic N) is 2. The third kappa shape index (κ3) is 2.95. The molecule has 1 aromatic heterocycles. The van der Waals surface area contributed by atoms with E-state index >= 15 is 0 Å². The fourth-order valence-corrected chi connectivity index (χ4v) is 2.19. The molecule has 1 aromatic rings. The number of nitriles is 1. The van der Waals surface area contributed by atoms with Crippen molar-refractivity contribution in [3.63, 3.8) is 0 Å². The Labute approximate surface area is 102 Å². The van der Waals surface area contributed by atoms with Gasteiger partial charge in [-0.25, -0.2) is 4.98 Å². The Balaban J connectivity index is 1.90. The fraction of sp³-hybridized carbons (Fsp3) is 0.538. The van der Waals surface area contributed by atoms with Crippen LogP contribution < -0.4 is 10.6 Å². The summed E-state index contributed by atoms with van der Waals surface area (Å²) in [5, 5.41) is 15.7. The first-order chi connectivity index (χ1) is 8.31. The average Bonchev–Trinajstić information content (AvgIpc) is 2.82. The summed E-state index contributed by atoms with van der Waals surface area (Å²) in [5.41, 5.74) is 1.64. The Morgan fingerprint density at radius 3 is 3.24 bits per heavy atom. The van der Waals surface area contributed by atoms with Gasteiger partial charge in [0.15, 0.2) is 0 Å². The first kappa shape index (κ1) is 11.9. The molecular weight excluding hydrogens is 212 g/mol. The zero-order valence-electron chi connectivity index (χ0n) is 10.2. The molecule has 1 fully saturated rings. The van der Waals surface area contributed by atoms with Crippen molar-refractivity contribution in [3.05, 3.63) is 23.4 Å². The Kier molecular flexibility index (Phi) is 3.94. The van der Waals surface area contributed by atoms with Gasteiger partial charge in [0.1, 0.15) is 11.9 Å². The van der Waals surface area contributed by atoms with E-state index in [4.69, 9.17) is 5.26 Å². The number of pyridine rings is 1. The zero-order chi connectivity index (χ0) is 12.1. The first-order valence-electron chi connectivity index (χ1n) is 6.11. The number of aromatic nitrogens is 1. The summed E-state index contributed by atoms with van der Waals surface area (Å²) in [6.07, 6.45) is 4.14. The summed E-state index contributed by atoms with van der Waals surface area (Å²) < 4.78 is 0. The van der Waals surface area contributed by atoms with Crippen LogP contribution in [0.4, 0.5) is 5.82 Å². The van der Waals surface area contributed by atoms with Crippen LogP contribution in [0.3, 0.4) is 0 Å². The lowest BCUT2D eigenvalue weighted by atomic mass is 10.1. The van der Waals surface area contributed by atoms with Crippen LogP contribution in [0.2, 0.25) is 0 Å². The van der Waals surface area contributed by atoms with Crippen LogP contribution in [0.1, 0.15) is 24.0 Å². The summed E-state index contributed by atoms with van der Waals surface area (Å²) in [4.78, 5) is 4.23. The minimum Gasteiger partial charge on any atom is -0.369 e.